The van der Waals surface area contributed by atoms with Gasteiger partial charge >= 0.3 is 12.1 Å². The second-order valence-electron chi connectivity index (χ2n) is 18.5. The fourth-order valence-electron chi connectivity index (χ4n) is 7.26. The van der Waals surface area contributed by atoms with E-state index in [1.807, 2.05) is 77.1 Å². The summed E-state index contributed by atoms with van der Waals surface area (Å²) >= 11 is 0. The van der Waals surface area contributed by atoms with Gasteiger partial charge in [0.25, 0.3) is 8.32 Å². The quantitative estimate of drug-likeness (QED) is 0.0755. The number of alkyl carbamates (subject to hydrolysis) is 1. The Kier molecular flexibility index (Phi) is 17.4. The number of esters is 1. The Morgan fingerprint density at radius 3 is 1.67 bits per heavy atom. The molecule has 0 aliphatic rings. The van der Waals surface area contributed by atoms with Crippen molar-refractivity contribution in [3.63, 3.8) is 0 Å². The lowest BCUT2D eigenvalue weighted by Crippen LogP contribution is -2.66. The maximum Gasteiger partial charge on any atom is 0.408 e. The van der Waals surface area contributed by atoms with Crippen molar-refractivity contribution in [2.75, 3.05) is 6.61 Å². The van der Waals surface area contributed by atoms with E-state index >= 15 is 0 Å². The highest BCUT2D eigenvalue weighted by Gasteiger charge is 2.50. The molecule has 3 aromatic carbocycles. The number of carbonyl (C=O) groups is 3. The number of rotatable bonds is 18. The molecule has 3 rings (SSSR count). The number of unbranched alkanes of at least 4 members (excludes halogenated alkanes) is 2. The van der Waals surface area contributed by atoms with Crippen LogP contribution in [0.1, 0.15) is 121 Å². The summed E-state index contributed by atoms with van der Waals surface area (Å²) < 4.78 is 19.1. The first-order valence-electron chi connectivity index (χ1n) is 20.7. The SMILES string of the molecule is CCCCC[C@@H](/C(=C/c1ccccc1)CO[Si](c1ccccc1)(c1ccccc1)C(C)(C)C)[C@@H](NC(=O)OC(C)(C)C)C(=O)N[C@@H](CC(C)C)C(=O)OC(C)(C)C. The number of carbonyl (C=O) groups excluding carboxylic acids is 3. The van der Waals surface area contributed by atoms with E-state index in [1.54, 1.807) is 20.8 Å². The van der Waals surface area contributed by atoms with E-state index in [0.717, 1.165) is 40.8 Å². The predicted octanol–water partition coefficient (Wildman–Crippen LogP) is 9.61. The van der Waals surface area contributed by atoms with Crippen LogP contribution in [-0.4, -0.2) is 56.2 Å². The van der Waals surface area contributed by atoms with Crippen molar-refractivity contribution < 1.29 is 28.3 Å². The van der Waals surface area contributed by atoms with Gasteiger partial charge in [0.05, 0.1) is 6.61 Å². The van der Waals surface area contributed by atoms with E-state index < -0.39 is 55.5 Å². The Morgan fingerprint density at radius 1 is 0.702 bits per heavy atom. The van der Waals surface area contributed by atoms with E-state index in [4.69, 9.17) is 13.9 Å². The van der Waals surface area contributed by atoms with Gasteiger partial charge in [-0.15, -0.1) is 0 Å². The molecule has 0 saturated heterocycles. The Balaban J connectivity index is 2.29. The van der Waals surface area contributed by atoms with Gasteiger partial charge in [0.15, 0.2) is 0 Å². The van der Waals surface area contributed by atoms with Gasteiger partial charge in [-0.25, -0.2) is 9.59 Å². The maximum atomic E-state index is 14.9. The number of hydrogen-bond acceptors (Lipinski definition) is 6. The van der Waals surface area contributed by atoms with Crippen molar-refractivity contribution in [2.45, 2.75) is 144 Å². The first-order chi connectivity index (χ1) is 26.7. The molecule has 57 heavy (non-hydrogen) atoms. The van der Waals surface area contributed by atoms with Gasteiger partial charge in [0.2, 0.25) is 5.91 Å². The van der Waals surface area contributed by atoms with E-state index in [-0.39, 0.29) is 17.6 Å². The van der Waals surface area contributed by atoms with Crippen molar-refractivity contribution in [1.29, 1.82) is 0 Å². The number of amides is 2. The van der Waals surface area contributed by atoms with Gasteiger partial charge in [-0.2, -0.15) is 0 Å². The molecular formula is C48H70N2O6Si. The fraction of sp³-hybridized carbons (Fsp3) is 0.521. The van der Waals surface area contributed by atoms with Crippen LogP contribution in [-0.2, 0) is 23.5 Å². The number of hydrogen-bond donors (Lipinski definition) is 2. The highest BCUT2D eigenvalue weighted by atomic mass is 28.4. The van der Waals surface area contributed by atoms with E-state index in [0.29, 0.717) is 12.8 Å². The summed E-state index contributed by atoms with van der Waals surface area (Å²) in [5.41, 5.74) is 0.243. The van der Waals surface area contributed by atoms with Crippen LogP contribution < -0.4 is 21.0 Å². The largest absolute Gasteiger partial charge is 0.458 e. The van der Waals surface area contributed by atoms with Gasteiger partial charge in [0.1, 0.15) is 23.3 Å². The highest BCUT2D eigenvalue weighted by molar-refractivity contribution is 6.99. The number of ether oxygens (including phenoxy) is 2. The fourth-order valence-corrected chi connectivity index (χ4v) is 11.8. The molecule has 3 aromatic rings. The summed E-state index contributed by atoms with van der Waals surface area (Å²) in [5, 5.41) is 8.01. The standard InChI is InChI=1S/C48H70N2O6Si/c1-13-14-18-31-40(42(50-45(53)56-47(7,8)9)43(51)49-41(32-35(2)3)44(52)55-46(4,5)6)37(33-36-25-19-15-20-26-36)34-54-57(48(10,11)12,38-27-21-16-22-28-38)39-29-23-17-24-30-39/h15-17,19-30,33,35,40-42H,13-14,18,31-32,34H2,1-12H3,(H,49,51)(H,50,53)/b37-33+/t40-,41-,42+/m0/s1. The van der Waals surface area contributed by atoms with Crippen LogP contribution in [0.25, 0.3) is 6.08 Å². The molecule has 8 nitrogen and oxygen atoms in total. The second-order valence-corrected chi connectivity index (χ2v) is 22.8. The Morgan fingerprint density at radius 2 is 1.21 bits per heavy atom. The molecule has 0 radical (unpaired) electrons. The molecule has 312 valence electrons. The molecule has 0 aliphatic carbocycles. The molecule has 2 amide bonds. The van der Waals surface area contributed by atoms with Gasteiger partial charge in [-0.1, -0.05) is 158 Å². The molecule has 0 aliphatic heterocycles. The first-order valence-corrected chi connectivity index (χ1v) is 22.6. The summed E-state index contributed by atoms with van der Waals surface area (Å²) in [6.07, 6.45) is 5.02. The maximum absolute atomic E-state index is 14.9. The molecular weight excluding hydrogens is 729 g/mol. The smallest absolute Gasteiger partial charge is 0.408 e. The lowest BCUT2D eigenvalue weighted by Gasteiger charge is -2.44. The van der Waals surface area contributed by atoms with Crippen LogP contribution in [0, 0.1) is 11.8 Å². The zero-order valence-electron chi connectivity index (χ0n) is 36.7. The molecule has 3 atom stereocenters. The third-order valence-corrected chi connectivity index (χ3v) is 14.7. The van der Waals surface area contributed by atoms with Crippen LogP contribution in [0.5, 0.6) is 0 Å². The van der Waals surface area contributed by atoms with Crippen LogP contribution >= 0.6 is 0 Å². The average Bonchev–Trinajstić information content (AvgIpc) is 3.11. The zero-order chi connectivity index (χ0) is 42.4. The van der Waals surface area contributed by atoms with Gasteiger partial charge in [0, 0.05) is 5.92 Å². The lowest BCUT2D eigenvalue weighted by atomic mass is 9.84. The Bertz CT molecular complexity index is 1680. The van der Waals surface area contributed by atoms with E-state index in [9.17, 15) is 14.4 Å². The Labute approximate surface area is 344 Å². The monoisotopic (exact) mass is 799 g/mol. The molecule has 0 unspecified atom stereocenters. The summed E-state index contributed by atoms with van der Waals surface area (Å²) in [4.78, 5) is 42.3. The van der Waals surface area contributed by atoms with Crippen molar-refractivity contribution in [2.24, 2.45) is 11.8 Å². The molecule has 2 N–H and O–H groups in total. The molecule has 0 aromatic heterocycles. The summed E-state index contributed by atoms with van der Waals surface area (Å²) in [7, 11) is -3.04. The zero-order valence-corrected chi connectivity index (χ0v) is 37.7. The molecule has 0 heterocycles. The van der Waals surface area contributed by atoms with Gasteiger partial charge in [-0.3, -0.25) is 4.79 Å². The molecule has 0 fully saturated rings. The van der Waals surface area contributed by atoms with E-state index in [2.05, 4.69) is 92.9 Å². The van der Waals surface area contributed by atoms with Crippen LogP contribution in [0.15, 0.2) is 96.6 Å². The van der Waals surface area contributed by atoms with Crippen molar-refractivity contribution in [3.05, 3.63) is 102 Å². The normalized spacial score (nSPS) is 14.4. The third-order valence-electron chi connectivity index (χ3n) is 9.69. The number of nitrogens with one attached hydrogen (secondary N) is 2. The van der Waals surface area contributed by atoms with Crippen molar-refractivity contribution in [1.82, 2.24) is 10.6 Å². The predicted molar refractivity (Wildman–Crippen MR) is 236 cm³/mol. The summed E-state index contributed by atoms with van der Waals surface area (Å²) in [6.45, 7) is 23.8. The minimum Gasteiger partial charge on any atom is -0.458 e. The highest BCUT2D eigenvalue weighted by Crippen LogP contribution is 2.38. The minimum atomic E-state index is -3.04. The summed E-state index contributed by atoms with van der Waals surface area (Å²) in [6, 6.07) is 28.9. The van der Waals surface area contributed by atoms with Crippen LogP contribution in [0.2, 0.25) is 5.04 Å². The topological polar surface area (TPSA) is 103 Å². The second kappa shape index (κ2) is 21.0. The summed E-state index contributed by atoms with van der Waals surface area (Å²) in [5.74, 6) is -1.45. The third kappa shape index (κ3) is 14.6. The van der Waals surface area contributed by atoms with Gasteiger partial charge in [-0.05, 0) is 86.9 Å². The average molecular weight is 799 g/mol. The van der Waals surface area contributed by atoms with Crippen LogP contribution in [0.3, 0.4) is 0 Å². The Hall–Kier alpha value is -4.21. The number of benzene rings is 3. The molecule has 9 heteroatoms. The van der Waals surface area contributed by atoms with Gasteiger partial charge < -0.3 is 24.5 Å². The minimum absolute atomic E-state index is 0.0776. The molecule has 0 spiro atoms. The first kappa shape index (κ1) is 47.2. The molecule has 0 bridgehead atoms. The van der Waals surface area contributed by atoms with E-state index in [1.165, 1.54) is 0 Å². The van der Waals surface area contributed by atoms with Crippen molar-refractivity contribution >= 4 is 42.7 Å². The van der Waals surface area contributed by atoms with Crippen LogP contribution in [0.4, 0.5) is 4.79 Å². The van der Waals surface area contributed by atoms with Crippen molar-refractivity contribution in [3.8, 4) is 0 Å². The molecule has 0 saturated carbocycles. The lowest BCUT2D eigenvalue weighted by molar-refractivity contribution is -0.159.